The number of carbonyl (C=O) groups excluding carboxylic acids is 4. The van der Waals surface area contributed by atoms with Gasteiger partial charge in [0.05, 0.1) is 11.8 Å². The van der Waals surface area contributed by atoms with Crippen molar-refractivity contribution in [2.45, 2.75) is 36.0 Å². The van der Waals surface area contributed by atoms with Crippen LogP contribution in [0, 0.1) is 30.6 Å². The standard InChI is InChI=1S/C21H21Br2ClN2O5/c1-8-3-4-10(5-13(8)24)25-14(27)7-31-21(30)9(2)26-19(28)15-11-6-12(16(15)20(26)29)18(23)17(11)22/h3-5,9,11-12,15-18H,6-7H2,1-2H3,(H,25,27)/t9-,11+,12+,15-,16+,17-,18+/m0/s1. The van der Waals surface area contributed by atoms with Crippen molar-refractivity contribution in [3.8, 4) is 0 Å². The van der Waals surface area contributed by atoms with Gasteiger partial charge in [-0.2, -0.15) is 0 Å². The minimum Gasteiger partial charge on any atom is -0.454 e. The molecule has 3 fully saturated rings. The summed E-state index contributed by atoms with van der Waals surface area (Å²) in [6.07, 6.45) is 0.814. The molecule has 1 N–H and O–H groups in total. The van der Waals surface area contributed by atoms with Crippen LogP contribution in [0.15, 0.2) is 18.2 Å². The first-order chi connectivity index (χ1) is 14.6. The Hall–Kier alpha value is -1.45. The maximum atomic E-state index is 13.0. The quantitative estimate of drug-likeness (QED) is 0.330. The third kappa shape index (κ3) is 3.82. The largest absolute Gasteiger partial charge is 0.454 e. The molecule has 0 spiro atoms. The number of fused-ring (bicyclic) bond motifs is 5. The van der Waals surface area contributed by atoms with Crippen LogP contribution in [0.25, 0.3) is 0 Å². The van der Waals surface area contributed by atoms with E-state index in [1.54, 1.807) is 18.2 Å². The number of amides is 3. The summed E-state index contributed by atoms with van der Waals surface area (Å²) in [6.45, 7) is 2.76. The molecule has 3 aliphatic rings. The molecule has 2 saturated carbocycles. The first kappa shape index (κ1) is 22.7. The summed E-state index contributed by atoms with van der Waals surface area (Å²) >= 11 is 13.3. The van der Waals surface area contributed by atoms with Crippen molar-refractivity contribution in [3.63, 3.8) is 0 Å². The predicted molar refractivity (Wildman–Crippen MR) is 121 cm³/mol. The number of ether oxygens (including phenoxy) is 1. The molecule has 0 aromatic heterocycles. The molecule has 1 aliphatic heterocycles. The van der Waals surface area contributed by atoms with Crippen molar-refractivity contribution in [2.24, 2.45) is 23.7 Å². The fourth-order valence-electron chi connectivity index (χ4n) is 4.98. The highest BCUT2D eigenvalue weighted by Gasteiger charge is 2.67. The number of benzene rings is 1. The summed E-state index contributed by atoms with van der Waals surface area (Å²) in [5.74, 6) is -2.66. The van der Waals surface area contributed by atoms with Gasteiger partial charge in [0, 0.05) is 20.4 Å². The molecule has 1 heterocycles. The van der Waals surface area contributed by atoms with Crippen LogP contribution in [-0.2, 0) is 23.9 Å². The fourth-order valence-corrected chi connectivity index (χ4v) is 7.04. The molecular formula is C21H21Br2ClN2O5. The summed E-state index contributed by atoms with van der Waals surface area (Å²) in [5.41, 5.74) is 1.35. The highest BCUT2D eigenvalue weighted by molar-refractivity contribution is 9.12. The first-order valence-electron chi connectivity index (χ1n) is 9.99. The van der Waals surface area contributed by atoms with E-state index in [2.05, 4.69) is 37.2 Å². The molecule has 0 unspecified atom stereocenters. The second kappa shape index (κ2) is 8.48. The number of carbonyl (C=O) groups is 4. The average molecular weight is 577 g/mol. The Morgan fingerprint density at radius 3 is 2.32 bits per heavy atom. The second-order valence-electron chi connectivity index (χ2n) is 8.35. The molecule has 2 aliphatic carbocycles. The van der Waals surface area contributed by atoms with Crippen molar-refractivity contribution in [2.75, 3.05) is 11.9 Å². The lowest BCUT2D eigenvalue weighted by molar-refractivity contribution is -0.159. The predicted octanol–water partition coefficient (Wildman–Crippen LogP) is 3.30. The maximum Gasteiger partial charge on any atom is 0.329 e. The Labute approximate surface area is 201 Å². The first-order valence-corrected chi connectivity index (χ1v) is 12.2. The summed E-state index contributed by atoms with van der Waals surface area (Å²) in [4.78, 5) is 51.9. The molecule has 1 saturated heterocycles. The zero-order valence-electron chi connectivity index (χ0n) is 16.8. The van der Waals surface area contributed by atoms with Crippen LogP contribution in [0.3, 0.4) is 0 Å². The van der Waals surface area contributed by atoms with Gasteiger partial charge in [-0.25, -0.2) is 4.79 Å². The number of nitrogens with one attached hydrogen (secondary N) is 1. The molecule has 10 heteroatoms. The molecule has 4 rings (SSSR count). The Bertz CT molecular complexity index is 941. The lowest BCUT2D eigenvalue weighted by Gasteiger charge is -2.28. The van der Waals surface area contributed by atoms with Gasteiger partial charge in [-0.05, 0) is 49.8 Å². The van der Waals surface area contributed by atoms with Crippen LogP contribution in [0.4, 0.5) is 5.69 Å². The molecular weight excluding hydrogens is 556 g/mol. The summed E-state index contributed by atoms with van der Waals surface area (Å²) < 4.78 is 5.09. The highest BCUT2D eigenvalue weighted by atomic mass is 79.9. The summed E-state index contributed by atoms with van der Waals surface area (Å²) in [6, 6.07) is 3.96. The van der Waals surface area contributed by atoms with Gasteiger partial charge in [-0.15, -0.1) is 0 Å². The minimum absolute atomic E-state index is 0.0659. The topological polar surface area (TPSA) is 92.8 Å². The van der Waals surface area contributed by atoms with Crippen LogP contribution in [0.1, 0.15) is 18.9 Å². The van der Waals surface area contributed by atoms with Gasteiger partial charge in [-0.1, -0.05) is 49.5 Å². The Morgan fingerprint density at radius 1 is 1.19 bits per heavy atom. The fraction of sp³-hybridized carbons (Fsp3) is 0.524. The number of imide groups is 1. The van der Waals surface area contributed by atoms with Gasteiger partial charge in [-0.3, -0.25) is 19.3 Å². The van der Waals surface area contributed by atoms with Crippen LogP contribution in [-0.4, -0.2) is 50.9 Å². The SMILES string of the molecule is Cc1ccc(NC(=O)COC(=O)[C@H](C)N2C(=O)[C@@H]3[C@H]4C[C@@H]([C@H](Br)[C@@H]4Br)[C@@H]3C2=O)cc1Cl. The van der Waals surface area contributed by atoms with Crippen molar-refractivity contribution in [1.29, 1.82) is 0 Å². The summed E-state index contributed by atoms with van der Waals surface area (Å²) in [7, 11) is 0. The number of hydrogen-bond donors (Lipinski definition) is 1. The van der Waals surface area contributed by atoms with Crippen molar-refractivity contribution < 1.29 is 23.9 Å². The number of esters is 1. The van der Waals surface area contributed by atoms with Gasteiger partial charge >= 0.3 is 5.97 Å². The Morgan fingerprint density at radius 2 is 1.77 bits per heavy atom. The molecule has 166 valence electrons. The zero-order valence-corrected chi connectivity index (χ0v) is 20.7. The molecule has 0 radical (unpaired) electrons. The van der Waals surface area contributed by atoms with Crippen molar-refractivity contribution in [1.82, 2.24) is 4.90 Å². The molecule has 31 heavy (non-hydrogen) atoms. The summed E-state index contributed by atoms with van der Waals surface area (Å²) in [5, 5.41) is 3.10. The third-order valence-corrected chi connectivity index (χ3v) is 10.2. The average Bonchev–Trinajstić information content (AvgIpc) is 3.33. The normalized spacial score (nSPS) is 32.2. The van der Waals surface area contributed by atoms with Crippen molar-refractivity contribution >= 4 is 72.8 Å². The van der Waals surface area contributed by atoms with E-state index in [0.717, 1.165) is 16.9 Å². The molecule has 3 amide bonds. The van der Waals surface area contributed by atoms with Gasteiger partial charge in [0.2, 0.25) is 11.8 Å². The van der Waals surface area contributed by atoms with Gasteiger partial charge in [0.25, 0.3) is 5.91 Å². The van der Waals surface area contributed by atoms with E-state index >= 15 is 0 Å². The lowest BCUT2D eigenvalue weighted by Crippen LogP contribution is -2.45. The van der Waals surface area contributed by atoms with Gasteiger partial charge < -0.3 is 10.1 Å². The molecule has 1 aromatic carbocycles. The number of rotatable bonds is 5. The number of aryl methyl sites for hydroxylation is 1. The number of alkyl halides is 2. The monoisotopic (exact) mass is 574 g/mol. The zero-order chi connectivity index (χ0) is 22.6. The van der Waals surface area contributed by atoms with E-state index in [1.165, 1.54) is 6.92 Å². The molecule has 7 atom stereocenters. The van der Waals surface area contributed by atoms with Crippen LogP contribution < -0.4 is 5.32 Å². The van der Waals surface area contributed by atoms with E-state index in [0.29, 0.717) is 10.7 Å². The van der Waals surface area contributed by atoms with Crippen molar-refractivity contribution in [3.05, 3.63) is 28.8 Å². The van der Waals surface area contributed by atoms with Crippen LogP contribution in [0.2, 0.25) is 5.02 Å². The lowest BCUT2D eigenvalue weighted by atomic mass is 9.81. The minimum atomic E-state index is -1.09. The van der Waals surface area contributed by atoms with Gasteiger partial charge in [0.15, 0.2) is 6.61 Å². The number of halogens is 3. The highest BCUT2D eigenvalue weighted by Crippen LogP contribution is 2.60. The number of likely N-dealkylation sites (tertiary alicyclic amines) is 1. The molecule has 1 aromatic rings. The van der Waals surface area contributed by atoms with E-state index in [9.17, 15) is 19.2 Å². The van der Waals surface area contributed by atoms with Crippen LogP contribution in [0.5, 0.6) is 0 Å². The second-order valence-corrected chi connectivity index (χ2v) is 10.9. The molecule has 7 nitrogen and oxygen atoms in total. The van der Waals surface area contributed by atoms with Gasteiger partial charge in [0.1, 0.15) is 6.04 Å². The Kier molecular flexibility index (Phi) is 6.22. The van der Waals surface area contributed by atoms with E-state index in [-0.39, 0.29) is 33.3 Å². The number of anilines is 1. The Balaban J connectivity index is 1.36. The van der Waals surface area contributed by atoms with E-state index in [1.807, 2.05) is 6.92 Å². The molecule has 2 bridgehead atoms. The van der Waals surface area contributed by atoms with Crippen LogP contribution >= 0.6 is 43.5 Å². The third-order valence-electron chi connectivity index (χ3n) is 6.55. The van der Waals surface area contributed by atoms with E-state index < -0.39 is 36.4 Å². The number of nitrogens with zero attached hydrogens (tertiary/aromatic N) is 1. The van der Waals surface area contributed by atoms with E-state index in [4.69, 9.17) is 16.3 Å². The maximum absolute atomic E-state index is 13.0. The number of hydrogen-bond acceptors (Lipinski definition) is 5. The smallest absolute Gasteiger partial charge is 0.329 e.